The Morgan fingerprint density at radius 3 is 1.84 bits per heavy atom. The summed E-state index contributed by atoms with van der Waals surface area (Å²) in [6.45, 7) is 0. The molecule has 13 rings (SSSR count). The van der Waals surface area contributed by atoms with Crippen LogP contribution in [0.5, 0.6) is 0 Å². The van der Waals surface area contributed by atoms with Gasteiger partial charge in [0, 0.05) is 22.2 Å². The maximum absolute atomic E-state index is 2.57. The molecule has 8 aromatic rings. The molecule has 0 N–H and O–H groups in total. The third-order valence-corrected chi connectivity index (χ3v) is 14.2. The summed E-state index contributed by atoms with van der Waals surface area (Å²) >= 11 is 0. The lowest BCUT2D eigenvalue weighted by Gasteiger charge is -2.61. The number of anilines is 3. The van der Waals surface area contributed by atoms with Crippen LogP contribution in [0.15, 0.2) is 176 Å². The first-order valence-corrected chi connectivity index (χ1v) is 20.4. The molecule has 0 heterocycles. The van der Waals surface area contributed by atoms with Crippen LogP contribution in [-0.2, 0) is 5.41 Å². The van der Waals surface area contributed by atoms with E-state index in [0.717, 1.165) is 23.7 Å². The first-order valence-electron chi connectivity index (χ1n) is 20.4. The second kappa shape index (κ2) is 12.0. The van der Waals surface area contributed by atoms with Crippen molar-refractivity contribution in [3.05, 3.63) is 187 Å². The standard InChI is InChI=1S/C54H43N/c1-2-11-38(12-3-1)47-15-7-9-19-51(47)55(44-26-23-37(24-27-44)40-25-28-46-41(34-40)22-21-39-13-4-5-14-45(39)46)52-20-10-18-50-53(52)48-16-6-8-17-49(48)54(50)42-30-35-29-36(32-42)33-43(54)31-35/h1-28,34-36,42-43H,29-33H2. The van der Waals surface area contributed by atoms with Crippen LogP contribution in [0, 0.1) is 23.7 Å². The van der Waals surface area contributed by atoms with Gasteiger partial charge in [-0.1, -0.05) is 146 Å². The van der Waals surface area contributed by atoms with Crippen LogP contribution in [0.2, 0.25) is 0 Å². The summed E-state index contributed by atoms with van der Waals surface area (Å²) in [5.41, 5.74) is 14.8. The largest absolute Gasteiger partial charge is 0.309 e. The predicted molar refractivity (Wildman–Crippen MR) is 230 cm³/mol. The van der Waals surface area contributed by atoms with Gasteiger partial charge in [0.2, 0.25) is 0 Å². The highest BCUT2D eigenvalue weighted by atomic mass is 15.1. The Balaban J connectivity index is 1.05. The lowest BCUT2D eigenvalue weighted by Crippen LogP contribution is -2.55. The second-order valence-electron chi connectivity index (χ2n) is 16.9. The van der Waals surface area contributed by atoms with Crippen molar-refractivity contribution >= 4 is 38.6 Å². The van der Waals surface area contributed by atoms with Gasteiger partial charge in [-0.25, -0.2) is 0 Å². The van der Waals surface area contributed by atoms with Crippen molar-refractivity contribution in [3.63, 3.8) is 0 Å². The summed E-state index contributed by atoms with van der Waals surface area (Å²) in [5.74, 6) is 3.29. The molecule has 4 fully saturated rings. The van der Waals surface area contributed by atoms with Crippen molar-refractivity contribution in [3.8, 4) is 33.4 Å². The van der Waals surface area contributed by atoms with E-state index >= 15 is 0 Å². The van der Waals surface area contributed by atoms with Gasteiger partial charge in [-0.3, -0.25) is 0 Å². The zero-order valence-corrected chi connectivity index (χ0v) is 31.0. The van der Waals surface area contributed by atoms with Gasteiger partial charge < -0.3 is 4.90 Å². The topological polar surface area (TPSA) is 3.24 Å². The Hall–Kier alpha value is -5.92. The average Bonchev–Trinajstić information content (AvgIpc) is 3.54. The summed E-state index contributed by atoms with van der Waals surface area (Å²) in [4.78, 5) is 2.57. The molecule has 4 bridgehead atoms. The molecule has 5 aliphatic rings. The van der Waals surface area contributed by atoms with E-state index in [1.54, 1.807) is 11.1 Å². The van der Waals surface area contributed by atoms with Gasteiger partial charge in [-0.2, -0.15) is 0 Å². The molecule has 0 aliphatic heterocycles. The number of para-hydroxylation sites is 1. The van der Waals surface area contributed by atoms with E-state index < -0.39 is 0 Å². The third kappa shape index (κ3) is 4.59. The molecule has 0 unspecified atom stereocenters. The van der Waals surface area contributed by atoms with Crippen LogP contribution in [0.3, 0.4) is 0 Å². The minimum Gasteiger partial charge on any atom is -0.309 e. The van der Waals surface area contributed by atoms with Crippen molar-refractivity contribution in [1.29, 1.82) is 0 Å². The minimum atomic E-state index is 0.116. The van der Waals surface area contributed by atoms with Crippen molar-refractivity contribution in [2.45, 2.75) is 37.5 Å². The number of hydrogen-bond donors (Lipinski definition) is 0. The molecule has 55 heavy (non-hydrogen) atoms. The highest BCUT2D eigenvalue weighted by molar-refractivity contribution is 6.08. The van der Waals surface area contributed by atoms with Crippen molar-refractivity contribution < 1.29 is 0 Å². The van der Waals surface area contributed by atoms with E-state index in [-0.39, 0.29) is 5.41 Å². The summed E-state index contributed by atoms with van der Waals surface area (Å²) in [7, 11) is 0. The average molecular weight is 706 g/mol. The zero-order valence-electron chi connectivity index (χ0n) is 31.0. The molecule has 4 saturated carbocycles. The zero-order chi connectivity index (χ0) is 36.1. The van der Waals surface area contributed by atoms with Crippen molar-refractivity contribution in [2.75, 3.05) is 4.90 Å². The number of rotatable bonds is 5. The van der Waals surface area contributed by atoms with Gasteiger partial charge in [-0.15, -0.1) is 0 Å². The lowest BCUT2D eigenvalue weighted by molar-refractivity contribution is -0.0399. The molecular formula is C54H43N. The van der Waals surface area contributed by atoms with Crippen LogP contribution < -0.4 is 4.90 Å². The van der Waals surface area contributed by atoms with Gasteiger partial charge in [0.25, 0.3) is 0 Å². The van der Waals surface area contributed by atoms with E-state index in [1.165, 1.54) is 104 Å². The smallest absolute Gasteiger partial charge is 0.0543 e. The first kappa shape index (κ1) is 31.4. The first-order chi connectivity index (χ1) is 27.2. The fourth-order valence-electron chi connectivity index (χ4n) is 12.3. The molecule has 1 heteroatoms. The SMILES string of the molecule is c1ccc(-c2ccccc2N(c2ccc(-c3ccc4c(ccc5ccccc54)c3)cc2)c2cccc3c2-c2ccccc2C32C3CC4CC(C3)CC2C4)cc1. The van der Waals surface area contributed by atoms with Crippen LogP contribution in [-0.4, -0.2) is 0 Å². The number of fused-ring (bicyclic) bond motifs is 6. The molecule has 264 valence electrons. The molecule has 1 spiro atoms. The van der Waals surface area contributed by atoms with E-state index in [2.05, 4.69) is 181 Å². The van der Waals surface area contributed by atoms with Gasteiger partial charge in [0.1, 0.15) is 0 Å². The predicted octanol–water partition coefficient (Wildman–Crippen LogP) is 14.5. The highest BCUT2D eigenvalue weighted by Gasteiger charge is 2.61. The number of nitrogens with zero attached hydrogens (tertiary/aromatic N) is 1. The third-order valence-electron chi connectivity index (χ3n) is 14.2. The Labute approximate surface area is 323 Å². The number of hydrogen-bond acceptors (Lipinski definition) is 1. The maximum Gasteiger partial charge on any atom is 0.0543 e. The van der Waals surface area contributed by atoms with E-state index in [4.69, 9.17) is 0 Å². The van der Waals surface area contributed by atoms with E-state index in [1.807, 2.05) is 0 Å². The summed E-state index contributed by atoms with van der Waals surface area (Å²) in [6.07, 6.45) is 7.01. The molecule has 8 aromatic carbocycles. The monoisotopic (exact) mass is 705 g/mol. The molecule has 0 amide bonds. The Kier molecular flexibility index (Phi) is 6.88. The lowest BCUT2D eigenvalue weighted by atomic mass is 9.43. The van der Waals surface area contributed by atoms with Gasteiger partial charge in [0.15, 0.2) is 0 Å². The van der Waals surface area contributed by atoms with Crippen molar-refractivity contribution in [1.82, 2.24) is 0 Å². The fourth-order valence-corrected chi connectivity index (χ4v) is 12.3. The maximum atomic E-state index is 2.57. The minimum absolute atomic E-state index is 0.116. The summed E-state index contributed by atoms with van der Waals surface area (Å²) in [6, 6.07) is 66.2. The van der Waals surface area contributed by atoms with Crippen LogP contribution >= 0.6 is 0 Å². The molecular weight excluding hydrogens is 663 g/mol. The quantitative estimate of drug-likeness (QED) is 0.161. The van der Waals surface area contributed by atoms with Gasteiger partial charge >= 0.3 is 0 Å². The Morgan fingerprint density at radius 2 is 1.02 bits per heavy atom. The Morgan fingerprint density at radius 1 is 0.400 bits per heavy atom. The van der Waals surface area contributed by atoms with Crippen LogP contribution in [0.25, 0.3) is 54.9 Å². The molecule has 5 aliphatic carbocycles. The molecule has 0 radical (unpaired) electrons. The summed E-state index contributed by atoms with van der Waals surface area (Å²) < 4.78 is 0. The molecule has 1 nitrogen and oxygen atoms in total. The molecule has 0 saturated heterocycles. The Bertz CT molecular complexity index is 2750. The fraction of sp³-hybridized carbons (Fsp3) is 0.185. The van der Waals surface area contributed by atoms with Crippen molar-refractivity contribution in [2.24, 2.45) is 23.7 Å². The molecule has 0 aromatic heterocycles. The van der Waals surface area contributed by atoms with E-state index in [9.17, 15) is 0 Å². The van der Waals surface area contributed by atoms with Crippen LogP contribution in [0.4, 0.5) is 17.1 Å². The molecule has 0 atom stereocenters. The summed E-state index contributed by atoms with van der Waals surface area (Å²) in [5, 5.41) is 5.17. The second-order valence-corrected chi connectivity index (χ2v) is 16.9. The number of benzene rings is 8. The van der Waals surface area contributed by atoms with Gasteiger partial charge in [0.05, 0.1) is 11.4 Å². The highest BCUT2D eigenvalue weighted by Crippen LogP contribution is 2.70. The van der Waals surface area contributed by atoms with Crippen LogP contribution in [0.1, 0.15) is 43.2 Å². The van der Waals surface area contributed by atoms with E-state index in [0.29, 0.717) is 0 Å². The normalized spacial score (nSPS) is 23.0. The van der Waals surface area contributed by atoms with Gasteiger partial charge in [-0.05, 0) is 141 Å².